The predicted octanol–water partition coefficient (Wildman–Crippen LogP) is 5.23. The zero-order chi connectivity index (χ0) is 23.4. The summed E-state index contributed by atoms with van der Waals surface area (Å²) >= 11 is 6.02. The molecule has 0 spiro atoms. The Morgan fingerprint density at radius 1 is 1.24 bits per heavy atom. The van der Waals surface area contributed by atoms with E-state index in [4.69, 9.17) is 20.8 Å². The lowest BCUT2D eigenvalue weighted by molar-refractivity contribution is -0.384. The van der Waals surface area contributed by atoms with Crippen molar-refractivity contribution in [2.24, 2.45) is 0 Å². The molecule has 9 nitrogen and oxygen atoms in total. The summed E-state index contributed by atoms with van der Waals surface area (Å²) in [5.74, 6) is 0.343. The maximum atomic E-state index is 12.5. The van der Waals surface area contributed by atoms with Crippen molar-refractivity contribution in [3.8, 4) is 5.75 Å². The van der Waals surface area contributed by atoms with Gasteiger partial charge >= 0.3 is 0 Å². The van der Waals surface area contributed by atoms with Crippen molar-refractivity contribution in [2.75, 3.05) is 5.32 Å². The molecule has 0 unspecified atom stereocenters. The van der Waals surface area contributed by atoms with Gasteiger partial charge in [0.15, 0.2) is 5.76 Å². The first-order valence-electron chi connectivity index (χ1n) is 9.93. The zero-order valence-corrected chi connectivity index (χ0v) is 18.3. The van der Waals surface area contributed by atoms with Gasteiger partial charge in [0, 0.05) is 18.3 Å². The second kappa shape index (κ2) is 9.58. The number of halogens is 1. The Labute approximate surface area is 193 Å². The SMILES string of the molecule is Cc1ccccc1Cn1cc(NC(=O)c2ccc(COc3ccc([N+](=O)[O-])cc3Cl)o2)cn1. The molecular weight excluding hydrogens is 448 g/mol. The number of aromatic nitrogens is 2. The molecule has 168 valence electrons. The number of furan rings is 1. The van der Waals surface area contributed by atoms with E-state index < -0.39 is 10.8 Å². The number of carbonyl (C=O) groups excluding carboxylic acids is 1. The van der Waals surface area contributed by atoms with Gasteiger partial charge in [0.2, 0.25) is 0 Å². The quantitative estimate of drug-likeness (QED) is 0.281. The fourth-order valence-corrected chi connectivity index (χ4v) is 3.35. The Hall–Kier alpha value is -4.11. The van der Waals surface area contributed by atoms with E-state index in [0.717, 1.165) is 5.56 Å². The molecule has 2 aromatic heterocycles. The molecule has 0 radical (unpaired) electrons. The number of aryl methyl sites for hydroxylation is 1. The van der Waals surface area contributed by atoms with Gasteiger partial charge in [-0.1, -0.05) is 35.9 Å². The van der Waals surface area contributed by atoms with Gasteiger partial charge < -0.3 is 14.5 Å². The molecule has 2 heterocycles. The third-order valence-corrected chi connectivity index (χ3v) is 5.16. The fraction of sp³-hybridized carbons (Fsp3) is 0.130. The molecule has 0 aliphatic rings. The van der Waals surface area contributed by atoms with Crippen LogP contribution >= 0.6 is 11.6 Å². The van der Waals surface area contributed by atoms with Crippen LogP contribution in [0.5, 0.6) is 5.75 Å². The second-order valence-corrected chi connectivity index (χ2v) is 7.64. The number of ether oxygens (including phenoxy) is 1. The minimum atomic E-state index is -0.542. The highest BCUT2D eigenvalue weighted by Crippen LogP contribution is 2.29. The molecule has 4 aromatic rings. The number of benzene rings is 2. The first-order valence-corrected chi connectivity index (χ1v) is 10.3. The summed E-state index contributed by atoms with van der Waals surface area (Å²) in [6, 6.07) is 15.1. The van der Waals surface area contributed by atoms with E-state index in [0.29, 0.717) is 18.0 Å². The van der Waals surface area contributed by atoms with E-state index in [1.807, 2.05) is 31.2 Å². The molecule has 0 aliphatic heterocycles. The number of hydrogen-bond acceptors (Lipinski definition) is 6. The van der Waals surface area contributed by atoms with E-state index in [9.17, 15) is 14.9 Å². The van der Waals surface area contributed by atoms with Crippen molar-refractivity contribution in [1.82, 2.24) is 9.78 Å². The van der Waals surface area contributed by atoms with Crippen molar-refractivity contribution in [1.29, 1.82) is 0 Å². The molecule has 0 saturated heterocycles. The van der Waals surface area contributed by atoms with Gasteiger partial charge in [0.1, 0.15) is 18.1 Å². The monoisotopic (exact) mass is 466 g/mol. The number of nitro groups is 1. The van der Waals surface area contributed by atoms with Crippen LogP contribution in [0.15, 0.2) is 71.4 Å². The highest BCUT2D eigenvalue weighted by molar-refractivity contribution is 6.32. The van der Waals surface area contributed by atoms with Crippen LogP contribution < -0.4 is 10.1 Å². The number of rotatable bonds is 8. The fourth-order valence-electron chi connectivity index (χ4n) is 3.12. The van der Waals surface area contributed by atoms with Crippen LogP contribution in [0, 0.1) is 17.0 Å². The highest BCUT2D eigenvalue weighted by Gasteiger charge is 2.15. The summed E-state index contributed by atoms with van der Waals surface area (Å²) in [7, 11) is 0. The number of non-ortho nitro benzene ring substituents is 1. The van der Waals surface area contributed by atoms with Crippen LogP contribution in [0.4, 0.5) is 11.4 Å². The Kier molecular flexibility index (Phi) is 6.41. The summed E-state index contributed by atoms with van der Waals surface area (Å²) in [6.07, 6.45) is 3.31. The van der Waals surface area contributed by atoms with E-state index in [2.05, 4.69) is 10.4 Å². The zero-order valence-electron chi connectivity index (χ0n) is 17.5. The van der Waals surface area contributed by atoms with Crippen LogP contribution in [0.25, 0.3) is 0 Å². The van der Waals surface area contributed by atoms with E-state index >= 15 is 0 Å². The van der Waals surface area contributed by atoms with Crippen LogP contribution in [-0.4, -0.2) is 20.6 Å². The van der Waals surface area contributed by atoms with Crippen molar-refractivity contribution in [2.45, 2.75) is 20.1 Å². The maximum Gasteiger partial charge on any atom is 0.291 e. The molecule has 0 saturated carbocycles. The smallest absolute Gasteiger partial charge is 0.291 e. The Morgan fingerprint density at radius 3 is 2.82 bits per heavy atom. The van der Waals surface area contributed by atoms with Crippen molar-refractivity contribution < 1.29 is 18.9 Å². The summed E-state index contributed by atoms with van der Waals surface area (Å²) < 4.78 is 12.8. The van der Waals surface area contributed by atoms with Crippen molar-refractivity contribution in [3.63, 3.8) is 0 Å². The lowest BCUT2D eigenvalue weighted by Gasteiger charge is -2.06. The lowest BCUT2D eigenvalue weighted by atomic mass is 10.1. The topological polar surface area (TPSA) is 112 Å². The molecule has 1 N–H and O–H groups in total. The van der Waals surface area contributed by atoms with Crippen LogP contribution in [0.1, 0.15) is 27.4 Å². The molecular formula is C23H19ClN4O5. The first kappa shape index (κ1) is 22.1. The number of anilines is 1. The van der Waals surface area contributed by atoms with Gasteiger partial charge in [-0.2, -0.15) is 5.10 Å². The van der Waals surface area contributed by atoms with Crippen molar-refractivity contribution in [3.05, 3.63) is 105 Å². The molecule has 10 heteroatoms. The van der Waals surface area contributed by atoms with Gasteiger partial charge in [-0.05, 0) is 36.2 Å². The summed E-state index contributed by atoms with van der Waals surface area (Å²) in [4.78, 5) is 22.8. The average molecular weight is 467 g/mol. The van der Waals surface area contributed by atoms with Gasteiger partial charge in [-0.25, -0.2) is 0 Å². The number of carbonyl (C=O) groups is 1. The first-order chi connectivity index (χ1) is 15.9. The van der Waals surface area contributed by atoms with Crippen LogP contribution in [-0.2, 0) is 13.2 Å². The summed E-state index contributed by atoms with van der Waals surface area (Å²) in [5, 5.41) is 17.9. The number of amides is 1. The predicted molar refractivity (Wildman–Crippen MR) is 122 cm³/mol. The Morgan fingerprint density at radius 2 is 2.06 bits per heavy atom. The normalized spacial score (nSPS) is 10.7. The average Bonchev–Trinajstić information content (AvgIpc) is 3.44. The highest BCUT2D eigenvalue weighted by atomic mass is 35.5. The lowest BCUT2D eigenvalue weighted by Crippen LogP contribution is -2.10. The third kappa shape index (κ3) is 5.39. The molecule has 0 bridgehead atoms. The molecule has 0 fully saturated rings. The van der Waals surface area contributed by atoms with Crippen LogP contribution in [0.3, 0.4) is 0 Å². The van der Waals surface area contributed by atoms with E-state index in [1.165, 1.54) is 29.8 Å². The molecule has 1 amide bonds. The summed E-state index contributed by atoms with van der Waals surface area (Å²) in [6.45, 7) is 2.63. The second-order valence-electron chi connectivity index (χ2n) is 7.23. The van der Waals surface area contributed by atoms with E-state index in [-0.39, 0.29) is 28.8 Å². The molecule has 0 atom stereocenters. The van der Waals surface area contributed by atoms with Gasteiger partial charge in [-0.3, -0.25) is 19.6 Å². The number of hydrogen-bond donors (Lipinski definition) is 1. The van der Waals surface area contributed by atoms with Gasteiger partial charge in [-0.15, -0.1) is 0 Å². The molecule has 2 aromatic carbocycles. The number of nitro benzene ring substituents is 1. The Balaban J connectivity index is 1.34. The molecule has 0 aliphatic carbocycles. The number of nitrogens with zero attached hydrogens (tertiary/aromatic N) is 3. The molecule has 33 heavy (non-hydrogen) atoms. The molecule has 4 rings (SSSR count). The van der Waals surface area contributed by atoms with Crippen molar-refractivity contribution >= 4 is 28.9 Å². The van der Waals surface area contributed by atoms with Gasteiger partial charge in [0.25, 0.3) is 11.6 Å². The third-order valence-electron chi connectivity index (χ3n) is 4.87. The standard InChI is InChI=1S/C23H19ClN4O5/c1-15-4-2-3-5-16(15)12-27-13-17(11-25-27)26-23(29)22-9-7-19(33-22)14-32-21-8-6-18(28(30)31)10-20(21)24/h2-11,13H,12,14H2,1H3,(H,26,29). The van der Waals surface area contributed by atoms with Crippen LogP contribution in [0.2, 0.25) is 5.02 Å². The Bertz CT molecular complexity index is 1310. The summed E-state index contributed by atoms with van der Waals surface area (Å²) in [5.41, 5.74) is 2.72. The minimum absolute atomic E-state index is 0.000823. The van der Waals surface area contributed by atoms with Gasteiger partial charge in [0.05, 0.1) is 28.4 Å². The minimum Gasteiger partial charge on any atom is -0.484 e. The number of nitrogens with one attached hydrogen (secondary N) is 1. The largest absolute Gasteiger partial charge is 0.484 e. The van der Waals surface area contributed by atoms with E-state index in [1.54, 1.807) is 23.1 Å². The maximum absolute atomic E-state index is 12.5.